The first-order valence-corrected chi connectivity index (χ1v) is 7.94. The van der Waals surface area contributed by atoms with Gasteiger partial charge in [-0.15, -0.1) is 36.2 Å². The lowest BCUT2D eigenvalue weighted by atomic mass is 9.92. The molecule has 2 rings (SSSR count). The molecule has 1 aliphatic heterocycles. The monoisotopic (exact) mass is 353 g/mol. The maximum atomic E-state index is 12.3. The summed E-state index contributed by atoms with van der Waals surface area (Å²) in [4.78, 5) is 18.7. The Hall–Kier alpha value is -0.360. The van der Waals surface area contributed by atoms with Crippen molar-refractivity contribution in [1.29, 1.82) is 0 Å². The number of nitrogens with zero attached hydrogens (tertiary/aromatic N) is 2. The van der Waals surface area contributed by atoms with Crippen molar-refractivity contribution in [2.24, 2.45) is 11.7 Å². The standard InChI is InChI=1S/C14H23N3OS.2ClH/c1-3-13-16-12(9-19-13)7-14(18)17-6-4-5-11(8-17)10(2)15;;/h9-11H,3-8,15H2,1-2H3;2*1H. The molecule has 1 aromatic rings. The molecule has 1 fully saturated rings. The second-order valence-corrected chi connectivity index (χ2v) is 6.31. The molecule has 21 heavy (non-hydrogen) atoms. The third kappa shape index (κ3) is 5.74. The van der Waals surface area contributed by atoms with Crippen LogP contribution >= 0.6 is 36.2 Å². The van der Waals surface area contributed by atoms with Gasteiger partial charge in [0.25, 0.3) is 0 Å². The molecule has 2 N–H and O–H groups in total. The Morgan fingerprint density at radius 3 is 2.86 bits per heavy atom. The SMILES string of the molecule is CCc1nc(CC(=O)N2CCCC(C(C)N)C2)cs1.Cl.Cl. The van der Waals surface area contributed by atoms with Crippen LogP contribution in [0.5, 0.6) is 0 Å². The summed E-state index contributed by atoms with van der Waals surface area (Å²) in [6, 6.07) is 0.168. The first-order chi connectivity index (χ1) is 9.10. The van der Waals surface area contributed by atoms with E-state index < -0.39 is 0 Å². The Balaban J connectivity index is 0.00000200. The molecule has 1 aromatic heterocycles. The van der Waals surface area contributed by atoms with E-state index in [1.54, 1.807) is 11.3 Å². The first-order valence-electron chi connectivity index (χ1n) is 7.06. The first kappa shape index (κ1) is 20.6. The van der Waals surface area contributed by atoms with E-state index in [2.05, 4.69) is 11.9 Å². The molecule has 2 unspecified atom stereocenters. The van der Waals surface area contributed by atoms with Gasteiger partial charge in [0, 0.05) is 24.5 Å². The summed E-state index contributed by atoms with van der Waals surface area (Å²) in [6.07, 6.45) is 3.57. The summed E-state index contributed by atoms with van der Waals surface area (Å²) in [7, 11) is 0. The van der Waals surface area contributed by atoms with Crippen LogP contribution in [0.2, 0.25) is 0 Å². The number of nitrogens with two attached hydrogens (primary N) is 1. The zero-order valence-corrected chi connectivity index (χ0v) is 15.0. The van der Waals surface area contributed by atoms with Crippen LogP contribution in [0.4, 0.5) is 0 Å². The van der Waals surface area contributed by atoms with E-state index >= 15 is 0 Å². The van der Waals surface area contributed by atoms with Gasteiger partial charge in [-0.25, -0.2) is 4.98 Å². The third-order valence-corrected chi connectivity index (χ3v) is 4.83. The van der Waals surface area contributed by atoms with Crippen LogP contribution in [0.3, 0.4) is 0 Å². The van der Waals surface area contributed by atoms with E-state index in [0.717, 1.165) is 43.1 Å². The van der Waals surface area contributed by atoms with E-state index in [4.69, 9.17) is 5.73 Å². The number of piperidine rings is 1. The highest BCUT2D eigenvalue weighted by Gasteiger charge is 2.26. The van der Waals surface area contributed by atoms with Gasteiger partial charge in [0.05, 0.1) is 17.1 Å². The van der Waals surface area contributed by atoms with E-state index in [-0.39, 0.29) is 36.8 Å². The number of hydrogen-bond acceptors (Lipinski definition) is 4. The lowest BCUT2D eigenvalue weighted by molar-refractivity contribution is -0.132. The minimum Gasteiger partial charge on any atom is -0.342 e. The predicted molar refractivity (Wildman–Crippen MR) is 92.6 cm³/mol. The average Bonchev–Trinajstić information content (AvgIpc) is 2.86. The lowest BCUT2D eigenvalue weighted by Crippen LogP contribution is -2.45. The quantitative estimate of drug-likeness (QED) is 0.904. The van der Waals surface area contributed by atoms with Crippen LogP contribution in [0, 0.1) is 5.92 Å². The average molecular weight is 354 g/mol. The predicted octanol–water partition coefficient (Wildman–Crippen LogP) is 2.68. The van der Waals surface area contributed by atoms with Crippen molar-refractivity contribution in [3.63, 3.8) is 0 Å². The molecule has 4 nitrogen and oxygen atoms in total. The smallest absolute Gasteiger partial charge is 0.228 e. The zero-order valence-electron chi connectivity index (χ0n) is 12.6. The molecule has 2 atom stereocenters. The van der Waals surface area contributed by atoms with Crippen molar-refractivity contribution in [2.45, 2.75) is 45.6 Å². The molecule has 0 saturated carbocycles. The number of likely N-dealkylation sites (tertiary alicyclic amines) is 1. The molecule has 0 bridgehead atoms. The molecule has 7 heteroatoms. The lowest BCUT2D eigenvalue weighted by Gasteiger charge is -2.34. The van der Waals surface area contributed by atoms with E-state index in [9.17, 15) is 4.79 Å². The highest BCUT2D eigenvalue weighted by Crippen LogP contribution is 2.20. The van der Waals surface area contributed by atoms with Crippen molar-refractivity contribution in [2.75, 3.05) is 13.1 Å². The number of hydrogen-bond donors (Lipinski definition) is 1. The number of aryl methyl sites for hydroxylation is 1. The third-order valence-electron chi connectivity index (χ3n) is 3.79. The van der Waals surface area contributed by atoms with Crippen LogP contribution in [-0.4, -0.2) is 34.9 Å². The molecule has 1 amide bonds. The van der Waals surface area contributed by atoms with Gasteiger partial charge in [-0.2, -0.15) is 0 Å². The number of rotatable bonds is 4. The van der Waals surface area contributed by atoms with Crippen molar-refractivity contribution in [1.82, 2.24) is 9.88 Å². The fourth-order valence-electron chi connectivity index (χ4n) is 2.52. The Morgan fingerprint density at radius 2 is 2.29 bits per heavy atom. The van der Waals surface area contributed by atoms with Gasteiger partial charge in [0.2, 0.25) is 5.91 Å². The van der Waals surface area contributed by atoms with E-state index in [0.29, 0.717) is 12.3 Å². The van der Waals surface area contributed by atoms with E-state index in [1.165, 1.54) is 0 Å². The maximum Gasteiger partial charge on any atom is 0.228 e. The van der Waals surface area contributed by atoms with Crippen LogP contribution in [0.1, 0.15) is 37.4 Å². The van der Waals surface area contributed by atoms with Gasteiger partial charge >= 0.3 is 0 Å². The van der Waals surface area contributed by atoms with Crippen molar-refractivity contribution < 1.29 is 4.79 Å². The Labute approximate surface area is 143 Å². The van der Waals surface area contributed by atoms with Crippen LogP contribution < -0.4 is 5.73 Å². The molecule has 2 heterocycles. The molecule has 0 spiro atoms. The van der Waals surface area contributed by atoms with E-state index in [1.807, 2.05) is 17.2 Å². The minimum atomic E-state index is 0. The summed E-state index contributed by atoms with van der Waals surface area (Å²) in [5.74, 6) is 0.637. The van der Waals surface area contributed by atoms with Crippen molar-refractivity contribution >= 4 is 42.1 Å². The second-order valence-electron chi connectivity index (χ2n) is 5.36. The molecule has 0 aromatic carbocycles. The van der Waals surface area contributed by atoms with Crippen molar-refractivity contribution in [3.05, 3.63) is 16.1 Å². The Bertz CT molecular complexity index is 440. The Kier molecular flexibility index (Phi) is 9.45. The van der Waals surface area contributed by atoms with Crippen molar-refractivity contribution in [3.8, 4) is 0 Å². The van der Waals surface area contributed by atoms with Crippen LogP contribution in [-0.2, 0) is 17.6 Å². The second kappa shape index (κ2) is 9.62. The van der Waals surface area contributed by atoms with Crippen LogP contribution in [0.25, 0.3) is 0 Å². The molecule has 122 valence electrons. The fraction of sp³-hybridized carbons (Fsp3) is 0.714. The zero-order chi connectivity index (χ0) is 13.8. The molecule has 0 aliphatic carbocycles. The summed E-state index contributed by atoms with van der Waals surface area (Å²) in [5, 5.41) is 3.11. The van der Waals surface area contributed by atoms with Gasteiger partial charge in [0.1, 0.15) is 0 Å². The molecular formula is C14H25Cl2N3OS. The maximum absolute atomic E-state index is 12.3. The van der Waals surface area contributed by atoms with Gasteiger partial charge in [-0.1, -0.05) is 6.92 Å². The van der Waals surface area contributed by atoms with Crippen LogP contribution in [0.15, 0.2) is 5.38 Å². The summed E-state index contributed by atoms with van der Waals surface area (Å²) >= 11 is 1.64. The Morgan fingerprint density at radius 1 is 1.57 bits per heavy atom. The van der Waals surface area contributed by atoms with Gasteiger partial charge in [0.15, 0.2) is 0 Å². The number of halogens is 2. The van der Waals surface area contributed by atoms with Gasteiger partial charge < -0.3 is 10.6 Å². The highest BCUT2D eigenvalue weighted by atomic mass is 35.5. The summed E-state index contributed by atoms with van der Waals surface area (Å²) in [6.45, 7) is 5.79. The summed E-state index contributed by atoms with van der Waals surface area (Å²) < 4.78 is 0. The van der Waals surface area contributed by atoms with Gasteiger partial charge in [-0.05, 0) is 32.1 Å². The number of carbonyl (C=O) groups excluding carboxylic acids is 1. The molecule has 1 aliphatic rings. The minimum absolute atomic E-state index is 0. The topological polar surface area (TPSA) is 59.2 Å². The molecule has 0 radical (unpaired) electrons. The fourth-order valence-corrected chi connectivity index (χ4v) is 3.27. The molecular weight excluding hydrogens is 329 g/mol. The number of amides is 1. The highest BCUT2D eigenvalue weighted by molar-refractivity contribution is 7.09. The summed E-state index contributed by atoms with van der Waals surface area (Å²) in [5.41, 5.74) is 6.87. The normalized spacial score (nSPS) is 19.4. The molecule has 1 saturated heterocycles. The largest absolute Gasteiger partial charge is 0.342 e. The van der Waals surface area contributed by atoms with Gasteiger partial charge in [-0.3, -0.25) is 4.79 Å². The number of thiazole rings is 1. The number of carbonyl (C=O) groups is 1. The number of aromatic nitrogens is 1.